The van der Waals surface area contributed by atoms with Gasteiger partial charge in [-0.25, -0.2) is 4.98 Å². The summed E-state index contributed by atoms with van der Waals surface area (Å²) in [4.78, 5) is 17.6. The highest BCUT2D eigenvalue weighted by atomic mass is 32.2. The molecule has 0 atom stereocenters. The number of nitrogens with zero attached hydrogens (tertiary/aromatic N) is 2. The molecule has 1 aromatic heterocycles. The van der Waals surface area contributed by atoms with E-state index in [0.717, 1.165) is 20.5 Å². The molecule has 1 amide bonds. The monoisotopic (exact) mass is 377 g/mol. The number of thiazole rings is 1. The van der Waals surface area contributed by atoms with E-state index in [0.29, 0.717) is 11.3 Å². The van der Waals surface area contributed by atoms with Crippen molar-refractivity contribution in [3.8, 4) is 6.07 Å². The van der Waals surface area contributed by atoms with Crippen LogP contribution in [0.25, 0.3) is 6.08 Å². The van der Waals surface area contributed by atoms with Crippen LogP contribution >= 0.6 is 23.1 Å². The van der Waals surface area contributed by atoms with E-state index in [-0.39, 0.29) is 5.91 Å². The van der Waals surface area contributed by atoms with Gasteiger partial charge in [0.05, 0.1) is 11.6 Å². The Balaban J connectivity index is 1.61. The van der Waals surface area contributed by atoms with Gasteiger partial charge in [-0.1, -0.05) is 30.0 Å². The first-order valence-electron chi connectivity index (χ1n) is 7.82. The summed E-state index contributed by atoms with van der Waals surface area (Å²) in [6.45, 7) is 1.97. The van der Waals surface area contributed by atoms with E-state index in [1.807, 2.05) is 42.6 Å². The fourth-order valence-corrected chi connectivity index (χ4v) is 3.99. The molecule has 26 heavy (non-hydrogen) atoms. The van der Waals surface area contributed by atoms with Gasteiger partial charge in [-0.3, -0.25) is 4.79 Å². The largest absolute Gasteiger partial charge is 0.323 e. The first kappa shape index (κ1) is 17.9. The maximum atomic E-state index is 12.1. The summed E-state index contributed by atoms with van der Waals surface area (Å²) in [5.74, 6) is -0.242. The number of carbonyl (C=O) groups is 1. The van der Waals surface area contributed by atoms with Crippen LogP contribution in [0.4, 0.5) is 5.69 Å². The number of nitriles is 1. The van der Waals surface area contributed by atoms with Crippen LogP contribution in [0, 0.1) is 18.3 Å². The summed E-state index contributed by atoms with van der Waals surface area (Å²) in [6, 6.07) is 16.9. The Morgan fingerprint density at radius 1 is 1.23 bits per heavy atom. The van der Waals surface area contributed by atoms with Gasteiger partial charge >= 0.3 is 0 Å². The van der Waals surface area contributed by atoms with Crippen molar-refractivity contribution < 1.29 is 4.79 Å². The smallest absolute Gasteiger partial charge is 0.248 e. The summed E-state index contributed by atoms with van der Waals surface area (Å²) in [5.41, 5.74) is 2.99. The fourth-order valence-electron chi connectivity index (χ4n) is 2.18. The quantitative estimate of drug-likeness (QED) is 0.626. The van der Waals surface area contributed by atoms with Gasteiger partial charge in [0.15, 0.2) is 4.34 Å². The fraction of sp³-hybridized carbons (Fsp3) is 0.0500. The highest BCUT2D eigenvalue weighted by Crippen LogP contribution is 2.30. The molecule has 0 spiro atoms. The Morgan fingerprint density at radius 2 is 2.00 bits per heavy atom. The number of aryl methyl sites for hydroxylation is 1. The van der Waals surface area contributed by atoms with Crippen LogP contribution in [0.5, 0.6) is 0 Å². The summed E-state index contributed by atoms with van der Waals surface area (Å²) in [7, 11) is 0. The molecule has 0 saturated heterocycles. The summed E-state index contributed by atoms with van der Waals surface area (Å²) < 4.78 is 0.998. The number of hydrogen-bond donors (Lipinski definition) is 1. The molecule has 4 nitrogen and oxygen atoms in total. The summed E-state index contributed by atoms with van der Waals surface area (Å²) >= 11 is 3.21. The van der Waals surface area contributed by atoms with Crippen molar-refractivity contribution in [2.75, 3.05) is 5.32 Å². The number of aromatic nitrogens is 1. The average Bonchev–Trinajstić information content (AvgIpc) is 3.06. The molecule has 0 bridgehead atoms. The highest BCUT2D eigenvalue weighted by molar-refractivity contribution is 8.01. The van der Waals surface area contributed by atoms with Crippen LogP contribution in [-0.4, -0.2) is 10.9 Å². The maximum Gasteiger partial charge on any atom is 0.248 e. The Kier molecular flexibility index (Phi) is 5.84. The Morgan fingerprint density at radius 3 is 2.69 bits per heavy atom. The second-order valence-corrected chi connectivity index (χ2v) is 7.58. The van der Waals surface area contributed by atoms with E-state index < -0.39 is 0 Å². The van der Waals surface area contributed by atoms with Crippen LogP contribution in [0.15, 0.2) is 69.2 Å². The number of rotatable bonds is 5. The highest BCUT2D eigenvalue weighted by Gasteiger charge is 2.03. The molecular formula is C20H15N3OS2. The number of anilines is 1. The predicted octanol–water partition coefficient (Wildman–Crippen LogP) is 5.13. The Bertz CT molecular complexity index is 985. The maximum absolute atomic E-state index is 12.1. The van der Waals surface area contributed by atoms with Crippen LogP contribution in [0.3, 0.4) is 0 Å². The first-order valence-corrected chi connectivity index (χ1v) is 9.52. The molecule has 0 radical (unpaired) electrons. The second kappa shape index (κ2) is 8.48. The number of nitrogens with one attached hydrogen (secondary N) is 1. The third-order valence-electron chi connectivity index (χ3n) is 3.42. The molecule has 0 unspecified atom stereocenters. The summed E-state index contributed by atoms with van der Waals surface area (Å²) in [5, 5.41) is 13.9. The number of amides is 1. The normalized spacial score (nSPS) is 10.6. The number of benzene rings is 2. The van der Waals surface area contributed by atoms with Crippen LogP contribution in [0.2, 0.25) is 0 Å². The molecule has 3 rings (SSSR count). The van der Waals surface area contributed by atoms with Gasteiger partial charge < -0.3 is 5.32 Å². The molecule has 0 aliphatic heterocycles. The molecule has 3 aromatic rings. The molecule has 128 valence electrons. The standard InChI is InChI=1S/C20H15N3OS2/c1-14-13-25-20(22-14)26-18-9-7-17(8-10-18)23-19(24)11-6-15-4-2-3-5-16(15)12-21/h2-11,13H,1H3,(H,23,24)/b11-6+. The zero-order chi connectivity index (χ0) is 18.4. The topological polar surface area (TPSA) is 65.8 Å². The second-order valence-electron chi connectivity index (χ2n) is 5.40. The van der Waals surface area contributed by atoms with E-state index >= 15 is 0 Å². The average molecular weight is 377 g/mol. The van der Waals surface area contributed by atoms with E-state index in [9.17, 15) is 4.79 Å². The van der Waals surface area contributed by atoms with Gasteiger partial charge in [-0.15, -0.1) is 11.3 Å². The first-order chi connectivity index (χ1) is 12.6. The minimum Gasteiger partial charge on any atom is -0.323 e. The lowest BCUT2D eigenvalue weighted by Gasteiger charge is -2.04. The van der Waals surface area contributed by atoms with Crippen molar-refractivity contribution >= 4 is 40.8 Å². The van der Waals surface area contributed by atoms with Crippen molar-refractivity contribution in [1.82, 2.24) is 4.98 Å². The lowest BCUT2D eigenvalue weighted by molar-refractivity contribution is -0.111. The SMILES string of the molecule is Cc1csc(Sc2ccc(NC(=O)/C=C/c3ccccc3C#N)cc2)n1. The van der Waals surface area contributed by atoms with E-state index in [4.69, 9.17) is 5.26 Å². The lowest BCUT2D eigenvalue weighted by atomic mass is 10.1. The molecule has 2 aromatic carbocycles. The lowest BCUT2D eigenvalue weighted by Crippen LogP contribution is -2.07. The van der Waals surface area contributed by atoms with Crippen LogP contribution < -0.4 is 5.32 Å². The predicted molar refractivity (Wildman–Crippen MR) is 106 cm³/mol. The molecule has 1 heterocycles. The molecule has 0 saturated carbocycles. The Labute approximate surface area is 160 Å². The van der Waals surface area contributed by atoms with E-state index in [2.05, 4.69) is 16.4 Å². The van der Waals surface area contributed by atoms with E-state index in [1.54, 1.807) is 47.4 Å². The van der Waals surface area contributed by atoms with Gasteiger partial charge in [0, 0.05) is 27.7 Å². The van der Waals surface area contributed by atoms with E-state index in [1.165, 1.54) is 6.08 Å². The number of hydrogen-bond acceptors (Lipinski definition) is 5. The van der Waals surface area contributed by atoms with Crippen molar-refractivity contribution in [1.29, 1.82) is 5.26 Å². The molecule has 1 N–H and O–H groups in total. The minimum atomic E-state index is -0.242. The third kappa shape index (κ3) is 4.82. The van der Waals surface area contributed by atoms with Crippen molar-refractivity contribution in [2.45, 2.75) is 16.2 Å². The van der Waals surface area contributed by atoms with Gasteiger partial charge in [0.25, 0.3) is 0 Å². The van der Waals surface area contributed by atoms with Gasteiger partial charge in [0.1, 0.15) is 0 Å². The van der Waals surface area contributed by atoms with Crippen molar-refractivity contribution in [2.24, 2.45) is 0 Å². The molecular weight excluding hydrogens is 362 g/mol. The van der Waals surface area contributed by atoms with Crippen LogP contribution in [-0.2, 0) is 4.79 Å². The zero-order valence-electron chi connectivity index (χ0n) is 14.0. The summed E-state index contributed by atoms with van der Waals surface area (Å²) in [6.07, 6.45) is 3.07. The number of carbonyl (C=O) groups excluding carboxylic acids is 1. The Hall–Kier alpha value is -2.88. The third-order valence-corrected chi connectivity index (χ3v) is 5.48. The van der Waals surface area contributed by atoms with Gasteiger partial charge in [0.2, 0.25) is 5.91 Å². The zero-order valence-corrected chi connectivity index (χ0v) is 15.6. The molecule has 6 heteroatoms. The van der Waals surface area contributed by atoms with Crippen molar-refractivity contribution in [3.05, 3.63) is 76.8 Å². The molecule has 0 aliphatic rings. The van der Waals surface area contributed by atoms with Gasteiger partial charge in [-0.05, 0) is 48.9 Å². The van der Waals surface area contributed by atoms with Crippen molar-refractivity contribution in [3.63, 3.8) is 0 Å². The van der Waals surface area contributed by atoms with Crippen LogP contribution in [0.1, 0.15) is 16.8 Å². The van der Waals surface area contributed by atoms with Gasteiger partial charge in [-0.2, -0.15) is 5.26 Å². The minimum absolute atomic E-state index is 0.242. The molecule has 0 fully saturated rings. The molecule has 0 aliphatic carbocycles.